The van der Waals surface area contributed by atoms with Gasteiger partial charge in [0, 0.05) is 19.3 Å². The SMILES string of the molecule is CC/C=C\C/C=C\C/C=C\C/C=C\C/C=C\C/C=C\CCCCCCCCCCCCCCCCC(=O)OCC(COC(=O)CCCCCCCC)OC(=O)CCCCCCC/C=C\CCCCCCCC. The van der Waals surface area contributed by atoms with Crippen molar-refractivity contribution in [2.24, 2.45) is 0 Å². The van der Waals surface area contributed by atoms with E-state index < -0.39 is 6.10 Å². The molecule has 0 radical (unpaired) electrons. The summed E-state index contributed by atoms with van der Waals surface area (Å²) in [5, 5.41) is 0. The van der Waals surface area contributed by atoms with Gasteiger partial charge in [0.1, 0.15) is 13.2 Å². The van der Waals surface area contributed by atoms with E-state index in [0.29, 0.717) is 19.3 Å². The maximum atomic E-state index is 12.8. The van der Waals surface area contributed by atoms with Crippen molar-refractivity contribution in [2.45, 2.75) is 303 Å². The molecule has 0 aromatic heterocycles. The molecule has 6 heteroatoms. The van der Waals surface area contributed by atoms with E-state index in [4.69, 9.17) is 14.2 Å². The maximum absolute atomic E-state index is 12.8. The molecule has 0 aliphatic rings. The third-order valence-corrected chi connectivity index (χ3v) is 13.1. The monoisotopic (exact) mass is 1000 g/mol. The number of carbonyl (C=O) groups is 3. The van der Waals surface area contributed by atoms with Gasteiger partial charge in [-0.15, -0.1) is 0 Å². The van der Waals surface area contributed by atoms with Gasteiger partial charge in [0.2, 0.25) is 0 Å². The molecule has 0 rings (SSSR count). The molecule has 0 fully saturated rings. The first kappa shape index (κ1) is 68.6. The highest BCUT2D eigenvalue weighted by atomic mass is 16.6. The highest BCUT2D eigenvalue weighted by Crippen LogP contribution is 2.16. The van der Waals surface area contributed by atoms with Crippen LogP contribution in [0.2, 0.25) is 0 Å². The first-order chi connectivity index (χ1) is 35.5. The molecule has 6 nitrogen and oxygen atoms in total. The first-order valence-electron chi connectivity index (χ1n) is 30.6. The minimum Gasteiger partial charge on any atom is -0.462 e. The molecule has 0 aliphatic carbocycles. The number of hydrogen-bond donors (Lipinski definition) is 0. The Labute approximate surface area is 445 Å². The smallest absolute Gasteiger partial charge is 0.306 e. The summed E-state index contributed by atoms with van der Waals surface area (Å²) in [5.41, 5.74) is 0. The standard InChI is InChI=1S/C66H114O6/c1-4-7-10-13-16-18-20-22-24-25-26-27-28-29-30-31-32-33-34-35-36-37-38-39-40-41-43-44-46-48-50-53-56-59-65(68)71-62-63(61-70-64(67)58-55-52-15-12-9-6-3)72-66(69)60-57-54-51-49-47-45-42-23-21-19-17-14-11-8-5-2/h7,10,16,18,22-24,26-27,29-30,32-33,42,63H,4-6,8-9,11-15,17,19-21,25,28,31,34-41,43-62H2,1-3H3/b10-7-,18-16-,24-22-,27-26-,30-29-,33-32-,42-23-. The Morgan fingerprint density at radius 1 is 0.292 bits per heavy atom. The van der Waals surface area contributed by atoms with E-state index >= 15 is 0 Å². The number of esters is 3. The Morgan fingerprint density at radius 2 is 0.542 bits per heavy atom. The Hall–Kier alpha value is -3.41. The summed E-state index contributed by atoms with van der Waals surface area (Å²) in [6.07, 6.45) is 79.1. The summed E-state index contributed by atoms with van der Waals surface area (Å²) in [7, 11) is 0. The minimum atomic E-state index is -0.775. The Kier molecular flexibility index (Phi) is 57.3. The molecule has 0 saturated carbocycles. The predicted molar refractivity (Wildman–Crippen MR) is 311 cm³/mol. The molecular weight excluding hydrogens is 889 g/mol. The van der Waals surface area contributed by atoms with E-state index in [0.717, 1.165) is 103 Å². The fraction of sp³-hybridized carbons (Fsp3) is 0.742. The topological polar surface area (TPSA) is 78.9 Å². The van der Waals surface area contributed by atoms with Crippen LogP contribution < -0.4 is 0 Å². The number of unbranched alkanes of at least 4 members (excludes halogenated alkanes) is 30. The number of ether oxygens (including phenoxy) is 3. The summed E-state index contributed by atoms with van der Waals surface area (Å²) in [6.45, 7) is 6.47. The molecule has 0 saturated heterocycles. The van der Waals surface area contributed by atoms with Gasteiger partial charge in [-0.2, -0.15) is 0 Å². The lowest BCUT2D eigenvalue weighted by Gasteiger charge is -2.18. The highest BCUT2D eigenvalue weighted by molar-refractivity contribution is 5.71. The molecular formula is C66H114O6. The van der Waals surface area contributed by atoms with E-state index in [-0.39, 0.29) is 31.1 Å². The van der Waals surface area contributed by atoms with Gasteiger partial charge in [0.05, 0.1) is 0 Å². The van der Waals surface area contributed by atoms with Crippen molar-refractivity contribution < 1.29 is 28.6 Å². The Morgan fingerprint density at radius 3 is 0.861 bits per heavy atom. The van der Waals surface area contributed by atoms with Gasteiger partial charge in [-0.25, -0.2) is 0 Å². The normalized spacial score (nSPS) is 12.7. The number of rotatable bonds is 55. The van der Waals surface area contributed by atoms with Crippen LogP contribution >= 0.6 is 0 Å². The van der Waals surface area contributed by atoms with E-state index in [2.05, 4.69) is 106 Å². The quantitative estimate of drug-likeness (QED) is 0.0261. The molecule has 1 atom stereocenters. The second-order valence-electron chi connectivity index (χ2n) is 20.2. The third kappa shape index (κ3) is 57.5. The summed E-state index contributed by atoms with van der Waals surface area (Å²) >= 11 is 0. The molecule has 0 aromatic rings. The third-order valence-electron chi connectivity index (χ3n) is 13.1. The van der Waals surface area contributed by atoms with Crippen LogP contribution in [-0.2, 0) is 28.6 Å². The number of hydrogen-bond acceptors (Lipinski definition) is 6. The van der Waals surface area contributed by atoms with Crippen LogP contribution in [0.3, 0.4) is 0 Å². The second-order valence-corrected chi connectivity index (χ2v) is 20.2. The zero-order valence-electron chi connectivity index (χ0n) is 47.4. The lowest BCUT2D eigenvalue weighted by Crippen LogP contribution is -2.30. The fourth-order valence-electron chi connectivity index (χ4n) is 8.56. The molecule has 0 aromatic carbocycles. The van der Waals surface area contributed by atoms with Crippen LogP contribution in [0.5, 0.6) is 0 Å². The van der Waals surface area contributed by atoms with Crippen molar-refractivity contribution in [1.29, 1.82) is 0 Å². The van der Waals surface area contributed by atoms with Gasteiger partial charge in [0.15, 0.2) is 6.10 Å². The van der Waals surface area contributed by atoms with Crippen molar-refractivity contribution in [1.82, 2.24) is 0 Å². The summed E-state index contributed by atoms with van der Waals surface area (Å²) in [4.78, 5) is 37.9. The van der Waals surface area contributed by atoms with Crippen molar-refractivity contribution >= 4 is 17.9 Å². The van der Waals surface area contributed by atoms with E-state index in [1.165, 1.54) is 154 Å². The van der Waals surface area contributed by atoms with Crippen molar-refractivity contribution in [2.75, 3.05) is 13.2 Å². The van der Waals surface area contributed by atoms with Gasteiger partial charge in [-0.05, 0) is 96.3 Å². The van der Waals surface area contributed by atoms with Crippen LogP contribution in [0.25, 0.3) is 0 Å². The molecule has 1 unspecified atom stereocenters. The average Bonchev–Trinajstić information content (AvgIpc) is 3.38. The fourth-order valence-corrected chi connectivity index (χ4v) is 8.56. The van der Waals surface area contributed by atoms with Crippen molar-refractivity contribution in [3.63, 3.8) is 0 Å². The lowest BCUT2D eigenvalue weighted by atomic mass is 10.0. The first-order valence-corrected chi connectivity index (χ1v) is 30.6. The molecule has 0 aliphatic heterocycles. The highest BCUT2D eigenvalue weighted by Gasteiger charge is 2.19. The van der Waals surface area contributed by atoms with Crippen LogP contribution in [0.15, 0.2) is 85.1 Å². The number of carbonyl (C=O) groups excluding carboxylic acids is 3. The Balaban J connectivity index is 4.01. The minimum absolute atomic E-state index is 0.0770. The van der Waals surface area contributed by atoms with Crippen LogP contribution in [-0.4, -0.2) is 37.2 Å². The second kappa shape index (κ2) is 60.1. The van der Waals surface area contributed by atoms with E-state index in [1.54, 1.807) is 0 Å². The molecule has 0 bridgehead atoms. The largest absolute Gasteiger partial charge is 0.462 e. The average molecular weight is 1000 g/mol. The number of allylic oxidation sites excluding steroid dienone is 14. The summed E-state index contributed by atoms with van der Waals surface area (Å²) in [6, 6.07) is 0. The van der Waals surface area contributed by atoms with Gasteiger partial charge in [-0.1, -0.05) is 266 Å². The van der Waals surface area contributed by atoms with Gasteiger partial charge in [0.25, 0.3) is 0 Å². The van der Waals surface area contributed by atoms with Gasteiger partial charge in [-0.3, -0.25) is 14.4 Å². The van der Waals surface area contributed by atoms with Crippen LogP contribution in [0, 0.1) is 0 Å². The van der Waals surface area contributed by atoms with Crippen LogP contribution in [0.1, 0.15) is 297 Å². The van der Waals surface area contributed by atoms with Crippen molar-refractivity contribution in [3.8, 4) is 0 Å². The maximum Gasteiger partial charge on any atom is 0.306 e. The lowest BCUT2D eigenvalue weighted by molar-refractivity contribution is -0.167. The molecule has 0 amide bonds. The molecule has 72 heavy (non-hydrogen) atoms. The van der Waals surface area contributed by atoms with E-state index in [1.807, 2.05) is 0 Å². The van der Waals surface area contributed by atoms with Gasteiger partial charge >= 0.3 is 17.9 Å². The van der Waals surface area contributed by atoms with Crippen LogP contribution in [0.4, 0.5) is 0 Å². The molecule has 0 spiro atoms. The predicted octanol–water partition coefficient (Wildman–Crippen LogP) is 20.7. The summed E-state index contributed by atoms with van der Waals surface area (Å²) < 4.78 is 16.8. The molecule has 0 N–H and O–H groups in total. The Bertz CT molecular complexity index is 1380. The summed E-state index contributed by atoms with van der Waals surface area (Å²) in [5.74, 6) is -0.888. The van der Waals surface area contributed by atoms with E-state index in [9.17, 15) is 14.4 Å². The van der Waals surface area contributed by atoms with Gasteiger partial charge < -0.3 is 14.2 Å². The zero-order chi connectivity index (χ0) is 52.2. The van der Waals surface area contributed by atoms with Crippen molar-refractivity contribution in [3.05, 3.63) is 85.1 Å². The molecule has 414 valence electrons. The molecule has 0 heterocycles. The zero-order valence-corrected chi connectivity index (χ0v) is 47.4.